The SMILES string of the molecule is CCCN1CNc2c(c(=O)[nH]c(=S)n2CCc2ccc(C)cc2)C1. The van der Waals surface area contributed by atoms with Crippen molar-refractivity contribution in [2.24, 2.45) is 0 Å². The second-order valence-electron chi connectivity index (χ2n) is 6.36. The van der Waals surface area contributed by atoms with E-state index in [9.17, 15) is 4.79 Å². The third-order valence-electron chi connectivity index (χ3n) is 4.43. The summed E-state index contributed by atoms with van der Waals surface area (Å²) in [5.41, 5.74) is 3.24. The van der Waals surface area contributed by atoms with Gasteiger partial charge >= 0.3 is 0 Å². The maximum Gasteiger partial charge on any atom is 0.258 e. The van der Waals surface area contributed by atoms with E-state index in [1.165, 1.54) is 11.1 Å². The Morgan fingerprint density at radius 2 is 1.96 bits per heavy atom. The Kier molecular flexibility index (Phi) is 5.16. The van der Waals surface area contributed by atoms with Gasteiger partial charge < -0.3 is 9.88 Å². The molecule has 0 amide bonds. The predicted octanol–water partition coefficient (Wildman–Crippen LogP) is 3.05. The number of nitrogens with zero attached hydrogens (tertiary/aromatic N) is 2. The van der Waals surface area contributed by atoms with Crippen LogP contribution in [0.4, 0.5) is 5.82 Å². The highest BCUT2D eigenvalue weighted by Crippen LogP contribution is 2.20. The van der Waals surface area contributed by atoms with Crippen LogP contribution in [-0.2, 0) is 19.5 Å². The molecule has 0 saturated heterocycles. The van der Waals surface area contributed by atoms with Crippen molar-refractivity contribution in [2.75, 3.05) is 18.5 Å². The second kappa shape index (κ2) is 7.32. The molecule has 1 aromatic heterocycles. The van der Waals surface area contributed by atoms with Gasteiger partial charge in [-0.3, -0.25) is 14.7 Å². The van der Waals surface area contributed by atoms with Gasteiger partial charge in [0.2, 0.25) is 0 Å². The van der Waals surface area contributed by atoms with Gasteiger partial charge in [-0.15, -0.1) is 0 Å². The van der Waals surface area contributed by atoms with Crippen LogP contribution in [0.3, 0.4) is 0 Å². The first-order valence-corrected chi connectivity index (χ1v) is 8.87. The summed E-state index contributed by atoms with van der Waals surface area (Å²) in [6.45, 7) is 7.39. The van der Waals surface area contributed by atoms with Gasteiger partial charge in [-0.05, 0) is 44.1 Å². The molecule has 0 bridgehead atoms. The average Bonchev–Trinajstić information content (AvgIpc) is 2.57. The molecular formula is C18H24N4OS. The Labute approximate surface area is 147 Å². The summed E-state index contributed by atoms with van der Waals surface area (Å²) in [5, 5.41) is 3.40. The maximum atomic E-state index is 12.3. The maximum absolute atomic E-state index is 12.3. The van der Waals surface area contributed by atoms with Crippen molar-refractivity contribution in [1.29, 1.82) is 0 Å². The van der Waals surface area contributed by atoms with Crippen molar-refractivity contribution in [3.63, 3.8) is 0 Å². The van der Waals surface area contributed by atoms with E-state index in [2.05, 4.69) is 53.3 Å². The summed E-state index contributed by atoms with van der Waals surface area (Å²) < 4.78 is 2.51. The Hall–Kier alpha value is -1.92. The molecule has 0 atom stereocenters. The fraction of sp³-hybridized carbons (Fsp3) is 0.444. The minimum Gasteiger partial charge on any atom is -0.358 e. The third-order valence-corrected chi connectivity index (χ3v) is 4.75. The van der Waals surface area contributed by atoms with Crippen LogP contribution in [0, 0.1) is 11.7 Å². The summed E-state index contributed by atoms with van der Waals surface area (Å²) >= 11 is 5.40. The van der Waals surface area contributed by atoms with Crippen LogP contribution in [0.15, 0.2) is 29.1 Å². The van der Waals surface area contributed by atoms with Gasteiger partial charge in [0.05, 0.1) is 12.2 Å². The normalized spacial score (nSPS) is 14.2. The number of aromatic amines is 1. The zero-order valence-electron chi connectivity index (χ0n) is 14.3. The molecule has 0 saturated carbocycles. The first-order valence-electron chi connectivity index (χ1n) is 8.46. The number of aromatic nitrogens is 2. The summed E-state index contributed by atoms with van der Waals surface area (Å²) in [6, 6.07) is 8.54. The van der Waals surface area contributed by atoms with E-state index in [4.69, 9.17) is 12.2 Å². The van der Waals surface area contributed by atoms with Crippen molar-refractivity contribution in [2.45, 2.75) is 39.8 Å². The van der Waals surface area contributed by atoms with Gasteiger partial charge in [-0.2, -0.15) is 0 Å². The van der Waals surface area contributed by atoms with Gasteiger partial charge in [0.1, 0.15) is 5.82 Å². The van der Waals surface area contributed by atoms with E-state index in [1.807, 2.05) is 4.57 Å². The smallest absolute Gasteiger partial charge is 0.258 e. The van der Waals surface area contributed by atoms with Gasteiger partial charge in [-0.1, -0.05) is 36.8 Å². The molecule has 5 nitrogen and oxygen atoms in total. The van der Waals surface area contributed by atoms with E-state index in [0.29, 0.717) is 11.3 Å². The number of nitrogens with one attached hydrogen (secondary N) is 2. The number of aryl methyl sites for hydroxylation is 2. The number of fused-ring (bicyclic) bond motifs is 1. The van der Waals surface area contributed by atoms with Gasteiger partial charge in [0, 0.05) is 13.1 Å². The highest BCUT2D eigenvalue weighted by Gasteiger charge is 2.21. The third kappa shape index (κ3) is 3.60. The van der Waals surface area contributed by atoms with Crippen molar-refractivity contribution in [3.8, 4) is 0 Å². The van der Waals surface area contributed by atoms with Gasteiger partial charge in [0.15, 0.2) is 4.77 Å². The quantitative estimate of drug-likeness (QED) is 0.819. The molecule has 3 rings (SSSR count). The lowest BCUT2D eigenvalue weighted by Crippen LogP contribution is -2.39. The van der Waals surface area contributed by atoms with Crippen LogP contribution < -0.4 is 10.9 Å². The topological polar surface area (TPSA) is 53.1 Å². The van der Waals surface area contributed by atoms with E-state index in [1.54, 1.807) is 0 Å². The number of rotatable bonds is 5. The van der Waals surface area contributed by atoms with Gasteiger partial charge in [-0.25, -0.2) is 0 Å². The number of H-pyrrole nitrogens is 1. The molecule has 0 fully saturated rings. The largest absolute Gasteiger partial charge is 0.358 e. The molecule has 0 aliphatic carbocycles. The monoisotopic (exact) mass is 344 g/mol. The van der Waals surface area contributed by atoms with Crippen molar-refractivity contribution < 1.29 is 0 Å². The van der Waals surface area contributed by atoms with E-state index in [-0.39, 0.29) is 5.56 Å². The summed E-state index contributed by atoms with van der Waals surface area (Å²) in [4.78, 5) is 17.4. The van der Waals surface area contributed by atoms with Crippen LogP contribution in [0.1, 0.15) is 30.0 Å². The van der Waals surface area contributed by atoms with Crippen molar-refractivity contribution in [3.05, 3.63) is 56.1 Å². The Bertz CT molecular complexity index is 822. The standard InChI is InChI=1S/C18H24N4OS/c1-3-9-21-11-15-16(19-12-21)22(18(24)20-17(15)23)10-8-14-6-4-13(2)5-7-14/h4-7,19H,3,8-12H2,1-2H3,(H,20,23,24). The van der Waals surface area contributed by atoms with Crippen molar-refractivity contribution >= 4 is 18.0 Å². The minimum atomic E-state index is -0.0742. The Morgan fingerprint density at radius 1 is 1.21 bits per heavy atom. The molecule has 0 unspecified atom stereocenters. The minimum absolute atomic E-state index is 0.0742. The molecule has 1 aliphatic rings. The molecule has 1 aliphatic heterocycles. The van der Waals surface area contributed by atoms with Gasteiger partial charge in [0.25, 0.3) is 5.56 Å². The Morgan fingerprint density at radius 3 is 2.67 bits per heavy atom. The van der Waals surface area contributed by atoms with Crippen LogP contribution in [0.2, 0.25) is 0 Å². The highest BCUT2D eigenvalue weighted by atomic mass is 32.1. The highest BCUT2D eigenvalue weighted by molar-refractivity contribution is 7.71. The molecule has 128 valence electrons. The Balaban J connectivity index is 1.86. The van der Waals surface area contributed by atoms with Crippen LogP contribution >= 0.6 is 12.2 Å². The first kappa shape index (κ1) is 16.9. The molecule has 0 spiro atoms. The molecular weight excluding hydrogens is 320 g/mol. The lowest BCUT2D eigenvalue weighted by molar-refractivity contribution is 0.272. The van der Waals surface area contributed by atoms with E-state index < -0.39 is 0 Å². The predicted molar refractivity (Wildman–Crippen MR) is 100.0 cm³/mol. The van der Waals surface area contributed by atoms with Crippen LogP contribution in [0.25, 0.3) is 0 Å². The summed E-state index contributed by atoms with van der Waals surface area (Å²) in [5.74, 6) is 0.878. The second-order valence-corrected chi connectivity index (χ2v) is 6.75. The van der Waals surface area contributed by atoms with E-state index >= 15 is 0 Å². The fourth-order valence-electron chi connectivity index (χ4n) is 3.11. The number of hydrogen-bond donors (Lipinski definition) is 2. The molecule has 0 radical (unpaired) electrons. The molecule has 2 heterocycles. The molecule has 2 N–H and O–H groups in total. The molecule has 1 aromatic carbocycles. The zero-order valence-corrected chi connectivity index (χ0v) is 15.1. The first-order chi connectivity index (χ1) is 11.6. The molecule has 24 heavy (non-hydrogen) atoms. The number of hydrogen-bond acceptors (Lipinski definition) is 4. The zero-order chi connectivity index (χ0) is 17.1. The average molecular weight is 344 g/mol. The lowest BCUT2D eigenvalue weighted by atomic mass is 10.1. The summed E-state index contributed by atoms with van der Waals surface area (Å²) in [7, 11) is 0. The fourth-order valence-corrected chi connectivity index (χ4v) is 3.39. The molecule has 6 heteroatoms. The molecule has 2 aromatic rings. The lowest BCUT2D eigenvalue weighted by Gasteiger charge is -2.30. The number of anilines is 1. The van der Waals surface area contributed by atoms with Crippen LogP contribution in [-0.4, -0.2) is 27.7 Å². The van der Waals surface area contributed by atoms with Crippen LogP contribution in [0.5, 0.6) is 0 Å². The number of benzene rings is 1. The van der Waals surface area contributed by atoms with E-state index in [0.717, 1.165) is 44.0 Å². The van der Waals surface area contributed by atoms with Crippen molar-refractivity contribution in [1.82, 2.24) is 14.5 Å². The summed E-state index contributed by atoms with van der Waals surface area (Å²) in [6.07, 6.45) is 1.95.